The van der Waals surface area contributed by atoms with E-state index in [2.05, 4.69) is 27.4 Å². The summed E-state index contributed by atoms with van der Waals surface area (Å²) in [5, 5.41) is 4.45. The molecule has 2 aliphatic rings. The van der Waals surface area contributed by atoms with Crippen LogP contribution in [0.1, 0.15) is 25.0 Å². The molecule has 2 N–H and O–H groups in total. The highest BCUT2D eigenvalue weighted by Crippen LogP contribution is 2.38. The third-order valence-electron chi connectivity index (χ3n) is 5.55. The number of halogens is 2. The number of hydrogen-bond acceptors (Lipinski definition) is 3. The lowest BCUT2D eigenvalue weighted by Gasteiger charge is -2.20. The van der Waals surface area contributed by atoms with E-state index in [1.54, 1.807) is 12.3 Å². The molecule has 0 spiro atoms. The van der Waals surface area contributed by atoms with Crippen LogP contribution in [-0.2, 0) is 0 Å². The summed E-state index contributed by atoms with van der Waals surface area (Å²) in [7, 11) is 1.45. The van der Waals surface area contributed by atoms with Crippen molar-refractivity contribution in [2.75, 3.05) is 7.11 Å². The zero-order valence-corrected chi connectivity index (χ0v) is 14.9. The average Bonchev–Trinajstić information content (AvgIpc) is 3.26. The van der Waals surface area contributed by atoms with Crippen LogP contribution in [-0.4, -0.2) is 29.2 Å². The van der Waals surface area contributed by atoms with Crippen molar-refractivity contribution >= 4 is 16.6 Å². The first-order valence-corrected chi connectivity index (χ1v) is 9.10. The number of H-pyrrole nitrogens is 1. The summed E-state index contributed by atoms with van der Waals surface area (Å²) in [4.78, 5) is 7.82. The molecule has 2 aliphatic heterocycles. The van der Waals surface area contributed by atoms with Crippen LogP contribution in [0, 0.1) is 11.6 Å². The van der Waals surface area contributed by atoms with Gasteiger partial charge in [-0.2, -0.15) is 0 Å². The minimum atomic E-state index is -0.925. The van der Waals surface area contributed by atoms with Gasteiger partial charge < -0.3 is 15.0 Å². The second kappa shape index (κ2) is 6.16. The van der Waals surface area contributed by atoms with Crippen LogP contribution < -0.4 is 10.1 Å². The number of methoxy groups -OCH3 is 1. The fraction of sp³-hybridized carbons (Fsp3) is 0.286. The second-order valence-electron chi connectivity index (χ2n) is 7.21. The lowest BCUT2D eigenvalue weighted by molar-refractivity contribution is 0.408. The van der Waals surface area contributed by atoms with E-state index < -0.39 is 11.6 Å². The number of nitrogens with one attached hydrogen (secondary N) is 2. The zero-order chi connectivity index (χ0) is 18.5. The molecule has 2 bridgehead atoms. The van der Waals surface area contributed by atoms with E-state index in [-0.39, 0.29) is 0 Å². The molecule has 0 amide bonds. The van der Waals surface area contributed by atoms with Gasteiger partial charge in [0.1, 0.15) is 11.4 Å². The monoisotopic (exact) mass is 367 g/mol. The lowest BCUT2D eigenvalue weighted by Crippen LogP contribution is -2.31. The highest BCUT2D eigenvalue weighted by molar-refractivity contribution is 5.96. The maximum Gasteiger partial charge on any atom is 0.162 e. The smallest absolute Gasteiger partial charge is 0.162 e. The standard InChI is InChI=1S/C21H19F2N3O/c1-27-20-10-18(23)17(22)8-15(20)14-4-5-24-21-16(14)9-19(26-21)11-6-12-2-3-13(7-11)25-12/h4-6,8-10,12-13,25H,2-3,7H2,1H3,(H,24,26). The van der Waals surface area contributed by atoms with Crippen molar-refractivity contribution in [1.82, 2.24) is 15.3 Å². The van der Waals surface area contributed by atoms with Crippen LogP contribution in [0.15, 0.2) is 36.5 Å². The van der Waals surface area contributed by atoms with E-state index in [1.807, 2.05) is 0 Å². The molecular formula is C21H19F2N3O. The number of aromatic nitrogens is 2. The van der Waals surface area contributed by atoms with Crippen LogP contribution in [0.5, 0.6) is 5.75 Å². The summed E-state index contributed by atoms with van der Waals surface area (Å²) in [6.45, 7) is 0. The second-order valence-corrected chi connectivity index (χ2v) is 7.21. The van der Waals surface area contributed by atoms with Gasteiger partial charge in [0.05, 0.1) is 7.11 Å². The van der Waals surface area contributed by atoms with Gasteiger partial charge in [-0.3, -0.25) is 0 Å². The maximum absolute atomic E-state index is 13.9. The largest absolute Gasteiger partial charge is 0.496 e. The summed E-state index contributed by atoms with van der Waals surface area (Å²) in [5.41, 5.74) is 4.30. The molecule has 1 saturated heterocycles. The van der Waals surface area contributed by atoms with Gasteiger partial charge in [-0.05, 0) is 48.6 Å². The van der Waals surface area contributed by atoms with Gasteiger partial charge in [0, 0.05) is 41.0 Å². The van der Waals surface area contributed by atoms with Crippen LogP contribution in [0.2, 0.25) is 0 Å². The Bertz CT molecular complexity index is 1070. The molecule has 1 fully saturated rings. The summed E-state index contributed by atoms with van der Waals surface area (Å²) in [6.07, 6.45) is 7.29. The minimum Gasteiger partial charge on any atom is -0.496 e. The number of ether oxygens (including phenoxy) is 1. The van der Waals surface area contributed by atoms with Crippen LogP contribution in [0.3, 0.4) is 0 Å². The van der Waals surface area contributed by atoms with Crippen molar-refractivity contribution < 1.29 is 13.5 Å². The highest BCUT2D eigenvalue weighted by Gasteiger charge is 2.29. The van der Waals surface area contributed by atoms with Crippen molar-refractivity contribution in [3.63, 3.8) is 0 Å². The van der Waals surface area contributed by atoms with E-state index in [0.29, 0.717) is 23.4 Å². The zero-order valence-electron chi connectivity index (χ0n) is 14.9. The fourth-order valence-electron chi connectivity index (χ4n) is 4.26. The highest BCUT2D eigenvalue weighted by atomic mass is 19.2. The topological polar surface area (TPSA) is 49.9 Å². The van der Waals surface area contributed by atoms with Gasteiger partial charge in [0.2, 0.25) is 0 Å². The Morgan fingerprint density at radius 2 is 1.96 bits per heavy atom. The average molecular weight is 367 g/mol. The molecule has 6 heteroatoms. The Morgan fingerprint density at radius 1 is 1.11 bits per heavy atom. The molecule has 0 saturated carbocycles. The third kappa shape index (κ3) is 2.72. The Balaban J connectivity index is 1.65. The van der Waals surface area contributed by atoms with Crippen LogP contribution >= 0.6 is 0 Å². The SMILES string of the molecule is COc1cc(F)c(F)cc1-c1ccnc2[nH]c(C3=CC4CCC(C3)N4)cc12. The quantitative estimate of drug-likeness (QED) is 0.720. The summed E-state index contributed by atoms with van der Waals surface area (Å²) in [6, 6.07) is 7.07. The first-order chi connectivity index (χ1) is 13.1. The van der Waals surface area contributed by atoms with E-state index >= 15 is 0 Å². The van der Waals surface area contributed by atoms with E-state index in [9.17, 15) is 8.78 Å². The molecule has 1 aromatic carbocycles. The molecule has 2 aromatic heterocycles. The van der Waals surface area contributed by atoms with E-state index in [0.717, 1.165) is 34.8 Å². The van der Waals surface area contributed by atoms with Crippen molar-refractivity contribution in [3.8, 4) is 16.9 Å². The summed E-state index contributed by atoms with van der Waals surface area (Å²) >= 11 is 0. The van der Waals surface area contributed by atoms with Crippen molar-refractivity contribution in [2.45, 2.75) is 31.3 Å². The number of hydrogen-bond donors (Lipinski definition) is 2. The molecule has 27 heavy (non-hydrogen) atoms. The maximum atomic E-state index is 13.9. The van der Waals surface area contributed by atoms with Crippen LogP contribution in [0.25, 0.3) is 27.7 Å². The van der Waals surface area contributed by atoms with Gasteiger partial charge in [0.15, 0.2) is 11.6 Å². The molecular weight excluding hydrogens is 348 g/mol. The molecule has 4 nitrogen and oxygen atoms in total. The first kappa shape index (κ1) is 16.4. The predicted molar refractivity (Wildman–Crippen MR) is 101 cm³/mol. The normalized spacial score (nSPS) is 21.5. The molecule has 2 unspecified atom stereocenters. The van der Waals surface area contributed by atoms with E-state index in [1.165, 1.54) is 31.6 Å². The molecule has 138 valence electrons. The molecule has 5 rings (SSSR count). The summed E-state index contributed by atoms with van der Waals surface area (Å²) < 4.78 is 32.8. The molecule has 0 radical (unpaired) electrons. The van der Waals surface area contributed by atoms with Crippen LogP contribution in [0.4, 0.5) is 8.78 Å². The number of benzene rings is 1. The minimum absolute atomic E-state index is 0.295. The van der Waals surface area contributed by atoms with Gasteiger partial charge in [-0.15, -0.1) is 0 Å². The number of aromatic amines is 1. The Morgan fingerprint density at radius 3 is 2.78 bits per heavy atom. The fourth-order valence-corrected chi connectivity index (χ4v) is 4.26. The van der Waals surface area contributed by atoms with E-state index in [4.69, 9.17) is 4.74 Å². The Kier molecular flexibility index (Phi) is 3.75. The molecule has 4 heterocycles. The van der Waals surface area contributed by atoms with Gasteiger partial charge in [0.25, 0.3) is 0 Å². The third-order valence-corrected chi connectivity index (χ3v) is 5.55. The van der Waals surface area contributed by atoms with Crippen molar-refractivity contribution in [1.29, 1.82) is 0 Å². The Hall–Kier alpha value is -2.73. The molecule has 3 aromatic rings. The van der Waals surface area contributed by atoms with Crippen molar-refractivity contribution in [3.05, 3.63) is 53.9 Å². The summed E-state index contributed by atoms with van der Waals surface area (Å²) in [5.74, 6) is -1.53. The molecule has 2 atom stereocenters. The lowest BCUT2D eigenvalue weighted by atomic mass is 9.99. The van der Waals surface area contributed by atoms with Gasteiger partial charge in [-0.1, -0.05) is 6.08 Å². The number of nitrogens with zero attached hydrogens (tertiary/aromatic N) is 1. The number of fused-ring (bicyclic) bond motifs is 3. The van der Waals surface area contributed by atoms with Crippen molar-refractivity contribution in [2.24, 2.45) is 0 Å². The molecule has 0 aliphatic carbocycles. The van der Waals surface area contributed by atoms with Gasteiger partial charge in [-0.25, -0.2) is 13.8 Å². The number of rotatable bonds is 3. The first-order valence-electron chi connectivity index (χ1n) is 9.10. The Labute approximate surface area is 155 Å². The predicted octanol–water partition coefficient (Wildman–Crippen LogP) is 4.42. The number of pyridine rings is 1. The van der Waals surface area contributed by atoms with Gasteiger partial charge >= 0.3 is 0 Å².